The van der Waals surface area contributed by atoms with Gasteiger partial charge in [0.25, 0.3) is 0 Å². The third-order valence-electron chi connectivity index (χ3n) is 2.80. The third-order valence-corrected chi connectivity index (χ3v) is 2.80. The molecule has 0 amide bonds. The zero-order chi connectivity index (χ0) is 15.7. The second-order valence-corrected chi connectivity index (χ2v) is 4.52. The van der Waals surface area contributed by atoms with Crippen molar-refractivity contribution in [3.63, 3.8) is 0 Å². The van der Waals surface area contributed by atoms with Gasteiger partial charge in [-0.1, -0.05) is 6.07 Å². The zero-order valence-corrected chi connectivity index (χ0v) is 12.7. The van der Waals surface area contributed by atoms with Gasteiger partial charge in [0.2, 0.25) is 0 Å². The van der Waals surface area contributed by atoms with Gasteiger partial charge in [-0.3, -0.25) is 0 Å². The van der Waals surface area contributed by atoms with Gasteiger partial charge in [-0.25, -0.2) is 4.79 Å². The van der Waals surface area contributed by atoms with Crippen LogP contribution in [-0.2, 0) is 20.9 Å². The van der Waals surface area contributed by atoms with Crippen LogP contribution in [0.25, 0.3) is 6.08 Å². The molecule has 1 N–H and O–H groups in total. The highest BCUT2D eigenvalue weighted by Crippen LogP contribution is 2.22. The molecule has 0 aliphatic heterocycles. The van der Waals surface area contributed by atoms with Crippen LogP contribution >= 0.6 is 0 Å². The molecule has 0 aliphatic rings. The standard InChI is InChI=1S/C16H22O5/c1-4-20-10-12(2)21-11-14-9-13(6-8-16(17)18)5-7-15(14)19-3/h5-9,12H,4,10-11H2,1-3H3,(H,17,18)/b8-6+. The van der Waals surface area contributed by atoms with Gasteiger partial charge in [-0.2, -0.15) is 0 Å². The first-order valence-electron chi connectivity index (χ1n) is 6.84. The fourth-order valence-corrected chi connectivity index (χ4v) is 1.75. The van der Waals surface area contributed by atoms with Crippen LogP contribution in [0.2, 0.25) is 0 Å². The minimum Gasteiger partial charge on any atom is -0.496 e. The van der Waals surface area contributed by atoms with E-state index in [1.807, 2.05) is 19.9 Å². The lowest BCUT2D eigenvalue weighted by molar-refractivity contribution is -0.131. The Labute approximate surface area is 125 Å². The summed E-state index contributed by atoms with van der Waals surface area (Å²) in [4.78, 5) is 10.5. The lowest BCUT2D eigenvalue weighted by atomic mass is 10.1. The summed E-state index contributed by atoms with van der Waals surface area (Å²) < 4.78 is 16.3. The van der Waals surface area contributed by atoms with E-state index in [9.17, 15) is 4.79 Å². The van der Waals surface area contributed by atoms with E-state index in [4.69, 9.17) is 19.3 Å². The van der Waals surface area contributed by atoms with Crippen molar-refractivity contribution in [3.8, 4) is 5.75 Å². The molecule has 0 saturated heterocycles. The summed E-state index contributed by atoms with van der Waals surface area (Å²) in [5, 5.41) is 8.65. The Morgan fingerprint density at radius 2 is 2.19 bits per heavy atom. The molecule has 0 fully saturated rings. The molecule has 1 atom stereocenters. The summed E-state index contributed by atoms with van der Waals surface area (Å²) in [5.74, 6) is -0.264. The van der Waals surface area contributed by atoms with Crippen molar-refractivity contribution in [2.24, 2.45) is 0 Å². The molecular formula is C16H22O5. The monoisotopic (exact) mass is 294 g/mol. The number of rotatable bonds is 9. The molecule has 5 heteroatoms. The molecule has 21 heavy (non-hydrogen) atoms. The third kappa shape index (κ3) is 6.42. The molecule has 1 unspecified atom stereocenters. The van der Waals surface area contributed by atoms with Crippen LogP contribution in [0, 0.1) is 0 Å². The number of hydrogen-bond donors (Lipinski definition) is 1. The number of carbonyl (C=O) groups is 1. The van der Waals surface area contributed by atoms with Crippen LogP contribution in [0.3, 0.4) is 0 Å². The molecule has 116 valence electrons. The Kier molecular flexibility index (Phi) is 7.50. The fourth-order valence-electron chi connectivity index (χ4n) is 1.75. The number of hydrogen-bond acceptors (Lipinski definition) is 4. The van der Waals surface area contributed by atoms with Crippen molar-refractivity contribution in [2.45, 2.75) is 26.6 Å². The van der Waals surface area contributed by atoms with Crippen LogP contribution in [-0.4, -0.2) is 37.5 Å². The van der Waals surface area contributed by atoms with Gasteiger partial charge >= 0.3 is 5.97 Å². The fraction of sp³-hybridized carbons (Fsp3) is 0.438. The lowest BCUT2D eigenvalue weighted by Crippen LogP contribution is -2.16. The molecule has 5 nitrogen and oxygen atoms in total. The molecule has 1 aromatic carbocycles. The average molecular weight is 294 g/mol. The minimum atomic E-state index is -0.978. The van der Waals surface area contributed by atoms with Gasteiger partial charge in [0.1, 0.15) is 5.75 Å². The first-order chi connectivity index (χ1) is 10.1. The summed E-state index contributed by atoms with van der Waals surface area (Å²) in [5.41, 5.74) is 1.66. The number of ether oxygens (including phenoxy) is 3. The van der Waals surface area contributed by atoms with Crippen LogP contribution < -0.4 is 4.74 Å². The van der Waals surface area contributed by atoms with Crippen LogP contribution in [0.4, 0.5) is 0 Å². The zero-order valence-electron chi connectivity index (χ0n) is 12.7. The maximum Gasteiger partial charge on any atom is 0.328 e. The second kappa shape index (κ2) is 9.15. The first kappa shape index (κ1) is 17.2. The van der Waals surface area contributed by atoms with E-state index in [2.05, 4.69) is 0 Å². The van der Waals surface area contributed by atoms with Crippen LogP contribution in [0.5, 0.6) is 5.75 Å². The summed E-state index contributed by atoms with van der Waals surface area (Å²) in [6.45, 7) is 5.46. The largest absolute Gasteiger partial charge is 0.496 e. The Bertz CT molecular complexity index is 482. The lowest BCUT2D eigenvalue weighted by Gasteiger charge is -2.15. The summed E-state index contributed by atoms with van der Waals surface area (Å²) in [6.07, 6.45) is 2.62. The van der Waals surface area contributed by atoms with Crippen LogP contribution in [0.15, 0.2) is 24.3 Å². The normalized spacial score (nSPS) is 12.5. The molecule has 1 rings (SSSR count). The maximum atomic E-state index is 10.5. The van der Waals surface area contributed by atoms with E-state index in [-0.39, 0.29) is 6.10 Å². The van der Waals surface area contributed by atoms with Crippen molar-refractivity contribution in [1.82, 2.24) is 0 Å². The highest BCUT2D eigenvalue weighted by Gasteiger charge is 2.07. The highest BCUT2D eigenvalue weighted by molar-refractivity contribution is 5.85. The van der Waals surface area contributed by atoms with Crippen molar-refractivity contribution in [3.05, 3.63) is 35.4 Å². The van der Waals surface area contributed by atoms with Gasteiger partial charge in [0.05, 0.1) is 26.4 Å². The van der Waals surface area contributed by atoms with E-state index in [1.165, 1.54) is 6.08 Å². The number of carboxylic acid groups (broad SMARTS) is 1. The molecule has 0 radical (unpaired) electrons. The number of benzene rings is 1. The van der Waals surface area contributed by atoms with Gasteiger partial charge in [-0.15, -0.1) is 0 Å². The van der Waals surface area contributed by atoms with Crippen LogP contribution in [0.1, 0.15) is 25.0 Å². The first-order valence-corrected chi connectivity index (χ1v) is 6.84. The topological polar surface area (TPSA) is 65.0 Å². The van der Waals surface area contributed by atoms with E-state index in [0.29, 0.717) is 25.6 Å². The van der Waals surface area contributed by atoms with Gasteiger partial charge in [0.15, 0.2) is 0 Å². The molecule has 0 spiro atoms. The number of aliphatic carboxylic acids is 1. The van der Waals surface area contributed by atoms with Crippen molar-refractivity contribution in [1.29, 1.82) is 0 Å². The molecule has 0 aromatic heterocycles. The highest BCUT2D eigenvalue weighted by atomic mass is 16.5. The molecule has 0 aliphatic carbocycles. The quantitative estimate of drug-likeness (QED) is 0.709. The predicted molar refractivity (Wildman–Crippen MR) is 80.4 cm³/mol. The smallest absolute Gasteiger partial charge is 0.328 e. The summed E-state index contributed by atoms with van der Waals surface area (Å²) in [6, 6.07) is 5.45. The average Bonchev–Trinajstić information content (AvgIpc) is 2.48. The van der Waals surface area contributed by atoms with E-state index >= 15 is 0 Å². The Balaban J connectivity index is 2.73. The Hall–Kier alpha value is -1.85. The van der Waals surface area contributed by atoms with E-state index in [1.54, 1.807) is 19.2 Å². The predicted octanol–water partition coefficient (Wildman–Crippen LogP) is 2.73. The van der Waals surface area contributed by atoms with Gasteiger partial charge in [-0.05, 0) is 37.6 Å². The minimum absolute atomic E-state index is 0.0205. The molecule has 1 aromatic rings. The van der Waals surface area contributed by atoms with E-state index in [0.717, 1.165) is 17.2 Å². The molecular weight excluding hydrogens is 272 g/mol. The van der Waals surface area contributed by atoms with Crippen molar-refractivity contribution < 1.29 is 24.1 Å². The van der Waals surface area contributed by atoms with Gasteiger partial charge in [0, 0.05) is 18.2 Å². The summed E-state index contributed by atoms with van der Waals surface area (Å²) >= 11 is 0. The van der Waals surface area contributed by atoms with Crippen molar-refractivity contribution >= 4 is 12.0 Å². The van der Waals surface area contributed by atoms with E-state index < -0.39 is 5.97 Å². The maximum absolute atomic E-state index is 10.5. The number of methoxy groups -OCH3 is 1. The summed E-state index contributed by atoms with van der Waals surface area (Å²) in [7, 11) is 1.59. The second-order valence-electron chi connectivity index (χ2n) is 4.52. The molecule has 0 heterocycles. The molecule has 0 bridgehead atoms. The Morgan fingerprint density at radius 3 is 2.81 bits per heavy atom. The van der Waals surface area contributed by atoms with Crippen molar-refractivity contribution in [2.75, 3.05) is 20.3 Å². The SMILES string of the molecule is CCOCC(C)OCc1cc(/C=C/C(=O)O)ccc1OC. The Morgan fingerprint density at radius 1 is 1.43 bits per heavy atom. The number of carboxylic acids is 1. The molecule has 0 saturated carbocycles. The van der Waals surface area contributed by atoms with Gasteiger partial charge < -0.3 is 19.3 Å².